The Bertz CT molecular complexity index is 475. The third-order valence-electron chi connectivity index (χ3n) is 3.17. The molecule has 2 aliphatic rings. The molecule has 3 rings (SSSR count). The van der Waals surface area contributed by atoms with E-state index in [0.717, 1.165) is 12.1 Å². The van der Waals surface area contributed by atoms with Gasteiger partial charge in [0.1, 0.15) is 0 Å². The van der Waals surface area contributed by atoms with Crippen LogP contribution in [0.3, 0.4) is 0 Å². The average molecular weight is 215 g/mol. The smallest absolute Gasteiger partial charge is 0.335 e. The fourth-order valence-electron chi connectivity index (χ4n) is 2.21. The number of anilines is 1. The van der Waals surface area contributed by atoms with Crippen molar-refractivity contribution in [2.45, 2.75) is 18.9 Å². The van der Waals surface area contributed by atoms with E-state index in [1.165, 1.54) is 18.5 Å². The summed E-state index contributed by atoms with van der Waals surface area (Å²) in [7, 11) is 0. The molecule has 1 aromatic rings. The zero-order valence-corrected chi connectivity index (χ0v) is 8.89. The summed E-state index contributed by atoms with van der Waals surface area (Å²) in [6.45, 7) is 0.948. The van der Waals surface area contributed by atoms with Crippen LogP contribution in [0.25, 0.3) is 6.08 Å². The maximum Gasteiger partial charge on any atom is 0.335 e. The molecule has 1 fully saturated rings. The molecule has 0 radical (unpaired) electrons. The molecular weight excluding hydrogens is 202 g/mol. The van der Waals surface area contributed by atoms with Gasteiger partial charge in [0, 0.05) is 18.3 Å². The molecule has 1 heterocycles. The lowest BCUT2D eigenvalue weighted by molar-refractivity contribution is 0.0697. The number of hydrogen-bond donors (Lipinski definition) is 1. The first-order chi connectivity index (χ1) is 7.75. The van der Waals surface area contributed by atoms with Crippen molar-refractivity contribution in [1.29, 1.82) is 0 Å². The molecule has 1 aromatic carbocycles. The van der Waals surface area contributed by atoms with Crippen molar-refractivity contribution in [2.24, 2.45) is 0 Å². The molecule has 16 heavy (non-hydrogen) atoms. The zero-order valence-electron chi connectivity index (χ0n) is 8.89. The van der Waals surface area contributed by atoms with Crippen LogP contribution < -0.4 is 4.90 Å². The summed E-state index contributed by atoms with van der Waals surface area (Å²) in [5, 5.41) is 8.94. The van der Waals surface area contributed by atoms with Crippen LogP contribution in [0.5, 0.6) is 0 Å². The molecule has 3 heteroatoms. The predicted molar refractivity (Wildman–Crippen MR) is 62.8 cm³/mol. The van der Waals surface area contributed by atoms with Crippen LogP contribution in [0.2, 0.25) is 0 Å². The van der Waals surface area contributed by atoms with Gasteiger partial charge in [-0.3, -0.25) is 0 Å². The number of hydrogen-bond acceptors (Lipinski definition) is 2. The minimum Gasteiger partial charge on any atom is -0.478 e. The van der Waals surface area contributed by atoms with E-state index in [2.05, 4.69) is 11.0 Å². The molecule has 0 unspecified atom stereocenters. The molecule has 82 valence electrons. The number of carboxylic acid groups (broad SMARTS) is 1. The van der Waals surface area contributed by atoms with Gasteiger partial charge < -0.3 is 10.0 Å². The Morgan fingerprint density at radius 1 is 1.38 bits per heavy atom. The van der Waals surface area contributed by atoms with Crippen LogP contribution in [0.15, 0.2) is 24.3 Å². The van der Waals surface area contributed by atoms with E-state index in [-0.39, 0.29) is 0 Å². The molecule has 0 amide bonds. The molecule has 1 N–H and O–H groups in total. The maximum absolute atomic E-state index is 10.9. The minimum absolute atomic E-state index is 0.362. The van der Waals surface area contributed by atoms with Gasteiger partial charge in [0.25, 0.3) is 0 Å². The lowest BCUT2D eigenvalue weighted by Crippen LogP contribution is -2.28. The number of carboxylic acids is 1. The molecule has 0 bridgehead atoms. The van der Waals surface area contributed by atoms with Gasteiger partial charge in [0.05, 0.1) is 5.56 Å². The molecule has 1 saturated carbocycles. The number of benzene rings is 1. The Kier molecular flexibility index (Phi) is 1.99. The van der Waals surface area contributed by atoms with Crippen molar-refractivity contribution < 1.29 is 9.90 Å². The van der Waals surface area contributed by atoms with Gasteiger partial charge in [0.15, 0.2) is 0 Å². The summed E-state index contributed by atoms with van der Waals surface area (Å²) in [4.78, 5) is 13.2. The van der Waals surface area contributed by atoms with Crippen molar-refractivity contribution in [1.82, 2.24) is 0 Å². The van der Waals surface area contributed by atoms with Gasteiger partial charge in [-0.05, 0) is 36.6 Å². The number of nitrogens with zero attached hydrogens (tertiary/aromatic N) is 1. The number of carbonyl (C=O) groups is 1. The summed E-state index contributed by atoms with van der Waals surface area (Å²) < 4.78 is 0. The van der Waals surface area contributed by atoms with Crippen molar-refractivity contribution in [2.75, 3.05) is 11.4 Å². The topological polar surface area (TPSA) is 40.5 Å². The van der Waals surface area contributed by atoms with E-state index in [1.54, 1.807) is 12.1 Å². The fraction of sp³-hybridized carbons (Fsp3) is 0.308. The fourth-order valence-corrected chi connectivity index (χ4v) is 2.21. The van der Waals surface area contributed by atoms with Gasteiger partial charge in [-0.15, -0.1) is 0 Å². The summed E-state index contributed by atoms with van der Waals surface area (Å²) in [6, 6.07) is 6.04. The molecule has 1 aliphatic carbocycles. The Morgan fingerprint density at radius 2 is 2.19 bits per heavy atom. The van der Waals surface area contributed by atoms with Crippen LogP contribution in [0.1, 0.15) is 28.8 Å². The normalized spacial score (nSPS) is 18.4. The van der Waals surface area contributed by atoms with Gasteiger partial charge in [-0.1, -0.05) is 12.2 Å². The first kappa shape index (κ1) is 9.46. The van der Waals surface area contributed by atoms with E-state index >= 15 is 0 Å². The Labute approximate surface area is 94.0 Å². The van der Waals surface area contributed by atoms with E-state index in [9.17, 15) is 4.79 Å². The highest BCUT2D eigenvalue weighted by Crippen LogP contribution is 2.36. The second-order valence-electron chi connectivity index (χ2n) is 4.36. The van der Waals surface area contributed by atoms with Crippen LogP contribution in [0, 0.1) is 0 Å². The third-order valence-corrected chi connectivity index (χ3v) is 3.17. The highest BCUT2D eigenvalue weighted by atomic mass is 16.4. The molecule has 3 nitrogen and oxygen atoms in total. The SMILES string of the molecule is O=C(O)c1ccc2c(c1)C=CCN2C1CC1. The predicted octanol–water partition coefficient (Wildman–Crippen LogP) is 2.38. The minimum atomic E-state index is -0.861. The number of fused-ring (bicyclic) bond motifs is 1. The lowest BCUT2D eigenvalue weighted by atomic mass is 10.0. The summed E-state index contributed by atoms with van der Waals surface area (Å²) in [5.74, 6) is -0.861. The van der Waals surface area contributed by atoms with Crippen molar-refractivity contribution in [3.8, 4) is 0 Å². The Morgan fingerprint density at radius 3 is 2.88 bits per heavy atom. The molecule has 1 aliphatic heterocycles. The van der Waals surface area contributed by atoms with Gasteiger partial charge in [-0.2, -0.15) is 0 Å². The number of rotatable bonds is 2. The van der Waals surface area contributed by atoms with E-state index in [4.69, 9.17) is 5.11 Å². The van der Waals surface area contributed by atoms with Crippen LogP contribution in [0.4, 0.5) is 5.69 Å². The Hall–Kier alpha value is -1.77. The van der Waals surface area contributed by atoms with E-state index < -0.39 is 5.97 Å². The van der Waals surface area contributed by atoms with Gasteiger partial charge in [-0.25, -0.2) is 4.79 Å². The van der Waals surface area contributed by atoms with Crippen molar-refractivity contribution in [3.05, 3.63) is 35.4 Å². The molecular formula is C13H13NO2. The summed E-state index contributed by atoms with van der Waals surface area (Å²) in [6.07, 6.45) is 6.63. The van der Waals surface area contributed by atoms with Crippen LogP contribution >= 0.6 is 0 Å². The van der Waals surface area contributed by atoms with E-state index in [0.29, 0.717) is 11.6 Å². The lowest BCUT2D eigenvalue weighted by Gasteiger charge is -2.28. The summed E-state index contributed by atoms with van der Waals surface area (Å²) in [5.41, 5.74) is 2.56. The van der Waals surface area contributed by atoms with Gasteiger partial charge >= 0.3 is 5.97 Å². The van der Waals surface area contributed by atoms with Crippen molar-refractivity contribution >= 4 is 17.7 Å². The quantitative estimate of drug-likeness (QED) is 0.823. The van der Waals surface area contributed by atoms with E-state index in [1.807, 2.05) is 12.1 Å². The largest absolute Gasteiger partial charge is 0.478 e. The van der Waals surface area contributed by atoms with Crippen LogP contribution in [-0.2, 0) is 0 Å². The monoisotopic (exact) mass is 215 g/mol. The third kappa shape index (κ3) is 1.48. The molecule has 0 aromatic heterocycles. The summed E-state index contributed by atoms with van der Waals surface area (Å²) >= 11 is 0. The maximum atomic E-state index is 10.9. The molecule has 0 saturated heterocycles. The highest BCUT2D eigenvalue weighted by Gasteiger charge is 2.30. The molecule has 0 spiro atoms. The first-order valence-electron chi connectivity index (χ1n) is 5.56. The van der Waals surface area contributed by atoms with Crippen molar-refractivity contribution in [3.63, 3.8) is 0 Å². The second-order valence-corrected chi connectivity index (χ2v) is 4.36. The molecule has 0 atom stereocenters. The second kappa shape index (κ2) is 3.37. The Balaban J connectivity index is 2.03. The van der Waals surface area contributed by atoms with Gasteiger partial charge in [0.2, 0.25) is 0 Å². The first-order valence-corrected chi connectivity index (χ1v) is 5.56. The standard InChI is InChI=1S/C13H13NO2/c15-13(16)10-3-6-12-9(8-10)2-1-7-14(12)11-4-5-11/h1-3,6,8,11H,4-5,7H2,(H,15,16). The highest BCUT2D eigenvalue weighted by molar-refractivity contribution is 5.90. The number of aromatic carboxylic acids is 1. The average Bonchev–Trinajstić information content (AvgIpc) is 3.11. The zero-order chi connectivity index (χ0) is 11.1. The van der Waals surface area contributed by atoms with Crippen LogP contribution in [-0.4, -0.2) is 23.7 Å².